The fraction of sp³-hybridized carbons (Fsp3) is 0.318. The third-order valence-electron chi connectivity index (χ3n) is 5.05. The average molecular weight is 426 g/mol. The highest BCUT2D eigenvalue weighted by atomic mass is 19.1. The van der Waals surface area contributed by atoms with Gasteiger partial charge in [0.1, 0.15) is 5.82 Å². The third-order valence-corrected chi connectivity index (χ3v) is 5.05. The van der Waals surface area contributed by atoms with Crippen molar-refractivity contribution in [2.75, 3.05) is 17.7 Å². The predicted molar refractivity (Wildman–Crippen MR) is 120 cm³/mol. The summed E-state index contributed by atoms with van der Waals surface area (Å²) >= 11 is 0. The smallest absolute Gasteiger partial charge is 0.252 e. The number of hydrogen-bond donors (Lipinski definition) is 4. The Kier molecular flexibility index (Phi) is 6.86. The molecule has 0 fully saturated rings. The maximum absolute atomic E-state index is 15.0. The van der Waals surface area contributed by atoms with Crippen molar-refractivity contribution in [2.45, 2.75) is 38.8 Å². The maximum atomic E-state index is 15.0. The van der Waals surface area contributed by atoms with Gasteiger partial charge in [0, 0.05) is 29.1 Å². The first-order chi connectivity index (χ1) is 14.9. The molecule has 0 unspecified atom stereocenters. The lowest BCUT2D eigenvalue weighted by Gasteiger charge is -2.26. The summed E-state index contributed by atoms with van der Waals surface area (Å²) in [6, 6.07) is 6.33. The van der Waals surface area contributed by atoms with Gasteiger partial charge in [0.2, 0.25) is 5.88 Å². The number of halogens is 1. The lowest BCUT2D eigenvalue weighted by atomic mass is 10.0. The van der Waals surface area contributed by atoms with Gasteiger partial charge in [0.05, 0.1) is 30.2 Å². The zero-order valence-electron chi connectivity index (χ0n) is 17.8. The summed E-state index contributed by atoms with van der Waals surface area (Å²) < 4.78 is 20.3. The van der Waals surface area contributed by atoms with Gasteiger partial charge in [-0.05, 0) is 37.6 Å². The summed E-state index contributed by atoms with van der Waals surface area (Å²) in [6.45, 7) is 3.95. The number of fused-ring (bicyclic) bond motifs is 1. The third kappa shape index (κ3) is 4.66. The van der Waals surface area contributed by atoms with E-state index in [2.05, 4.69) is 27.5 Å². The van der Waals surface area contributed by atoms with E-state index < -0.39 is 11.7 Å². The number of carbonyl (C=O) groups excluding carboxylic acids is 1. The van der Waals surface area contributed by atoms with Crippen molar-refractivity contribution in [1.29, 1.82) is 0 Å². The van der Waals surface area contributed by atoms with Crippen molar-refractivity contribution in [3.63, 3.8) is 0 Å². The number of pyridine rings is 2. The molecule has 8 nitrogen and oxygen atoms in total. The minimum absolute atomic E-state index is 0.117. The number of anilines is 3. The number of nitrogens with two attached hydrogens (primary N) is 2. The summed E-state index contributed by atoms with van der Waals surface area (Å²) in [5.41, 5.74) is 12.9. The van der Waals surface area contributed by atoms with E-state index in [1.165, 1.54) is 13.3 Å². The molecule has 0 saturated carbocycles. The van der Waals surface area contributed by atoms with Crippen LogP contribution in [0.25, 0.3) is 10.8 Å². The van der Waals surface area contributed by atoms with Gasteiger partial charge in [-0.15, -0.1) is 0 Å². The summed E-state index contributed by atoms with van der Waals surface area (Å²) in [6.07, 6.45) is 4.34. The number of hydrogen-bond acceptors (Lipinski definition) is 7. The lowest BCUT2D eigenvalue weighted by Crippen LogP contribution is -2.38. The molecule has 6 N–H and O–H groups in total. The Labute approximate surface area is 180 Å². The Morgan fingerprint density at radius 1 is 1.29 bits per heavy atom. The van der Waals surface area contributed by atoms with Crippen LogP contribution in [0.15, 0.2) is 36.7 Å². The molecule has 31 heavy (non-hydrogen) atoms. The van der Waals surface area contributed by atoms with Gasteiger partial charge in [-0.3, -0.25) is 4.79 Å². The van der Waals surface area contributed by atoms with Crippen LogP contribution < -0.4 is 26.8 Å². The monoisotopic (exact) mass is 426 g/mol. The van der Waals surface area contributed by atoms with Gasteiger partial charge in [-0.2, -0.15) is 0 Å². The van der Waals surface area contributed by atoms with Gasteiger partial charge in [0.15, 0.2) is 5.82 Å². The van der Waals surface area contributed by atoms with Crippen LogP contribution in [0.4, 0.5) is 21.6 Å². The minimum Gasteiger partial charge on any atom is -0.481 e. The van der Waals surface area contributed by atoms with Crippen LogP contribution in [0.3, 0.4) is 0 Å². The number of benzene rings is 1. The second-order valence-corrected chi connectivity index (χ2v) is 7.31. The highest BCUT2D eigenvalue weighted by molar-refractivity contribution is 6.04. The van der Waals surface area contributed by atoms with E-state index >= 15 is 4.39 Å². The van der Waals surface area contributed by atoms with Crippen LogP contribution in [-0.2, 0) is 0 Å². The van der Waals surface area contributed by atoms with Crippen molar-refractivity contribution in [3.8, 4) is 5.88 Å². The number of nitrogens with one attached hydrogen (secondary N) is 2. The molecule has 0 radical (unpaired) electrons. The van der Waals surface area contributed by atoms with Gasteiger partial charge in [0.25, 0.3) is 5.91 Å². The quantitative estimate of drug-likeness (QED) is 0.412. The van der Waals surface area contributed by atoms with E-state index in [1.807, 2.05) is 6.92 Å². The van der Waals surface area contributed by atoms with Crippen molar-refractivity contribution >= 4 is 33.9 Å². The second kappa shape index (κ2) is 9.57. The Balaban J connectivity index is 2.21. The van der Waals surface area contributed by atoms with E-state index in [0.29, 0.717) is 28.0 Å². The fourth-order valence-corrected chi connectivity index (χ4v) is 3.49. The molecular formula is C22H27FN6O2. The Morgan fingerprint density at radius 3 is 2.71 bits per heavy atom. The number of carbonyl (C=O) groups is 1. The molecule has 3 rings (SSSR count). The maximum Gasteiger partial charge on any atom is 0.252 e. The zero-order chi connectivity index (χ0) is 22.5. The van der Waals surface area contributed by atoms with E-state index in [4.69, 9.17) is 16.2 Å². The van der Waals surface area contributed by atoms with Crippen molar-refractivity contribution < 1.29 is 13.9 Å². The molecule has 0 aliphatic heterocycles. The normalized spacial score (nSPS) is 12.9. The zero-order valence-corrected chi connectivity index (χ0v) is 17.8. The van der Waals surface area contributed by atoms with Gasteiger partial charge >= 0.3 is 0 Å². The molecule has 9 heteroatoms. The number of aromatic nitrogens is 2. The Hall–Kier alpha value is -3.46. The molecule has 2 atom stereocenters. The molecule has 3 aromatic rings. The summed E-state index contributed by atoms with van der Waals surface area (Å²) in [7, 11) is 1.48. The standard InChI is InChI=1S/C22H27FN6O2/c1-4-6-16(12(2)24)28-19-17(29-21-14(20(25)30)7-5-10-26-21)9-8-13-18(19)15(23)11-27-22(13)31-3/h5,7-12,16,28H,4,6,24H2,1-3H3,(H2,25,30)(H,26,29)/t12-,16+/m0/s1. The Morgan fingerprint density at radius 2 is 2.06 bits per heavy atom. The molecule has 2 heterocycles. The molecule has 0 saturated heterocycles. The van der Waals surface area contributed by atoms with Crippen molar-refractivity contribution in [2.24, 2.45) is 11.5 Å². The van der Waals surface area contributed by atoms with Crippen LogP contribution in [-0.4, -0.2) is 35.1 Å². The molecule has 1 amide bonds. The van der Waals surface area contributed by atoms with E-state index in [-0.39, 0.29) is 23.5 Å². The van der Waals surface area contributed by atoms with Crippen LogP contribution in [0, 0.1) is 5.82 Å². The number of amides is 1. The minimum atomic E-state index is -0.623. The van der Waals surface area contributed by atoms with E-state index in [0.717, 1.165) is 19.0 Å². The second-order valence-electron chi connectivity index (χ2n) is 7.31. The molecule has 0 spiro atoms. The first kappa shape index (κ1) is 22.2. The van der Waals surface area contributed by atoms with E-state index in [1.54, 1.807) is 24.3 Å². The summed E-state index contributed by atoms with van der Waals surface area (Å²) in [5.74, 6) is -0.568. The van der Waals surface area contributed by atoms with Crippen LogP contribution in [0.5, 0.6) is 5.88 Å². The molecule has 0 aliphatic carbocycles. The number of methoxy groups -OCH3 is 1. The molecule has 164 valence electrons. The fourth-order valence-electron chi connectivity index (χ4n) is 3.49. The number of ether oxygens (including phenoxy) is 1. The van der Waals surface area contributed by atoms with Gasteiger partial charge in [-0.25, -0.2) is 14.4 Å². The first-order valence-electron chi connectivity index (χ1n) is 10.1. The van der Waals surface area contributed by atoms with Gasteiger partial charge < -0.3 is 26.8 Å². The highest BCUT2D eigenvalue weighted by Crippen LogP contribution is 2.39. The van der Waals surface area contributed by atoms with Crippen molar-refractivity contribution in [1.82, 2.24) is 9.97 Å². The average Bonchev–Trinajstić information content (AvgIpc) is 2.75. The summed E-state index contributed by atoms with van der Waals surface area (Å²) in [4.78, 5) is 20.1. The molecular weight excluding hydrogens is 399 g/mol. The largest absolute Gasteiger partial charge is 0.481 e. The van der Waals surface area contributed by atoms with Gasteiger partial charge in [-0.1, -0.05) is 13.3 Å². The van der Waals surface area contributed by atoms with Crippen LogP contribution in [0.1, 0.15) is 37.0 Å². The van der Waals surface area contributed by atoms with Crippen LogP contribution in [0.2, 0.25) is 0 Å². The van der Waals surface area contributed by atoms with Crippen LogP contribution >= 0.6 is 0 Å². The lowest BCUT2D eigenvalue weighted by molar-refractivity contribution is 0.100. The number of primary amides is 1. The SMILES string of the molecule is CCC[C@@H](Nc1c(Nc2ncccc2C(N)=O)ccc2c(OC)ncc(F)c12)[C@H](C)N. The molecule has 0 bridgehead atoms. The highest BCUT2D eigenvalue weighted by Gasteiger charge is 2.21. The number of rotatable bonds is 9. The molecule has 1 aromatic carbocycles. The summed E-state index contributed by atoms with van der Waals surface area (Å²) in [5, 5.41) is 7.33. The molecule has 0 aliphatic rings. The Bertz CT molecular complexity index is 1090. The van der Waals surface area contributed by atoms with E-state index in [9.17, 15) is 4.79 Å². The molecule has 2 aromatic heterocycles. The first-order valence-corrected chi connectivity index (χ1v) is 10.1. The predicted octanol–water partition coefficient (Wildman–Crippen LogP) is 3.55. The van der Waals surface area contributed by atoms with Crippen molar-refractivity contribution in [3.05, 3.63) is 48.0 Å². The number of nitrogens with zero attached hydrogens (tertiary/aromatic N) is 2. The topological polar surface area (TPSA) is 128 Å².